The van der Waals surface area contributed by atoms with Crippen LogP contribution in [-0.2, 0) is 6.54 Å². The molecule has 1 aliphatic rings. The molecule has 0 unspecified atom stereocenters. The van der Waals surface area contributed by atoms with Crippen molar-refractivity contribution in [3.63, 3.8) is 0 Å². The molecular weight excluding hydrogens is 210 g/mol. The Balaban J connectivity index is 1.98. The van der Waals surface area contributed by atoms with Gasteiger partial charge in [0.05, 0.1) is 0 Å². The second-order valence-electron chi connectivity index (χ2n) is 4.36. The standard InChI is InChI=1S/C12H16F2N2/c1-15-2-4-16(5-3-15)9-10-6-11(13)8-12(14)7-10/h6-8H,2-5,9H2,1H3. The highest BCUT2D eigenvalue weighted by Gasteiger charge is 2.14. The third-order valence-electron chi connectivity index (χ3n) is 2.92. The van der Waals surface area contributed by atoms with E-state index in [2.05, 4.69) is 16.8 Å². The van der Waals surface area contributed by atoms with Crippen LogP contribution in [-0.4, -0.2) is 43.0 Å². The summed E-state index contributed by atoms with van der Waals surface area (Å²) in [6, 6.07) is 3.72. The number of likely N-dealkylation sites (N-methyl/N-ethyl adjacent to an activating group) is 1. The second-order valence-corrected chi connectivity index (χ2v) is 4.36. The number of nitrogens with zero attached hydrogens (tertiary/aromatic N) is 2. The molecular formula is C12H16F2N2. The monoisotopic (exact) mass is 226 g/mol. The van der Waals surface area contributed by atoms with Gasteiger partial charge in [-0.05, 0) is 24.7 Å². The lowest BCUT2D eigenvalue weighted by atomic mass is 10.2. The van der Waals surface area contributed by atoms with Crippen LogP contribution in [0.25, 0.3) is 0 Å². The maximum atomic E-state index is 13.0. The summed E-state index contributed by atoms with van der Waals surface area (Å²) in [6.07, 6.45) is 0. The molecule has 0 radical (unpaired) electrons. The minimum atomic E-state index is -0.496. The summed E-state index contributed by atoms with van der Waals surface area (Å²) in [6.45, 7) is 4.56. The molecule has 1 heterocycles. The van der Waals surface area contributed by atoms with E-state index in [0.29, 0.717) is 12.1 Å². The zero-order valence-corrected chi connectivity index (χ0v) is 9.42. The molecule has 1 aromatic rings. The highest BCUT2D eigenvalue weighted by molar-refractivity contribution is 5.17. The molecule has 2 nitrogen and oxygen atoms in total. The minimum Gasteiger partial charge on any atom is -0.304 e. The van der Waals surface area contributed by atoms with Gasteiger partial charge >= 0.3 is 0 Å². The van der Waals surface area contributed by atoms with Gasteiger partial charge in [0.15, 0.2) is 0 Å². The Bertz CT molecular complexity index is 340. The maximum Gasteiger partial charge on any atom is 0.126 e. The van der Waals surface area contributed by atoms with E-state index in [1.807, 2.05) is 0 Å². The van der Waals surface area contributed by atoms with Gasteiger partial charge in [-0.25, -0.2) is 8.78 Å². The number of halogens is 2. The van der Waals surface area contributed by atoms with Crippen molar-refractivity contribution < 1.29 is 8.78 Å². The van der Waals surface area contributed by atoms with Crippen LogP contribution in [0, 0.1) is 11.6 Å². The molecule has 0 saturated carbocycles. The molecule has 88 valence electrons. The summed E-state index contributed by atoms with van der Waals surface area (Å²) in [7, 11) is 2.08. The number of benzene rings is 1. The van der Waals surface area contributed by atoms with Crippen molar-refractivity contribution in [1.82, 2.24) is 9.80 Å². The van der Waals surface area contributed by atoms with Crippen LogP contribution in [0.3, 0.4) is 0 Å². The Morgan fingerprint density at radius 1 is 1.00 bits per heavy atom. The van der Waals surface area contributed by atoms with Gasteiger partial charge in [-0.1, -0.05) is 0 Å². The van der Waals surface area contributed by atoms with E-state index in [1.165, 1.54) is 12.1 Å². The van der Waals surface area contributed by atoms with Gasteiger partial charge in [0.25, 0.3) is 0 Å². The van der Waals surface area contributed by atoms with E-state index in [1.54, 1.807) is 0 Å². The first kappa shape index (κ1) is 11.5. The molecule has 0 N–H and O–H groups in total. The highest BCUT2D eigenvalue weighted by Crippen LogP contribution is 2.11. The van der Waals surface area contributed by atoms with E-state index in [-0.39, 0.29) is 0 Å². The quantitative estimate of drug-likeness (QED) is 0.757. The van der Waals surface area contributed by atoms with Crippen LogP contribution in [0.5, 0.6) is 0 Å². The number of hydrogen-bond acceptors (Lipinski definition) is 2. The molecule has 0 amide bonds. The van der Waals surface area contributed by atoms with Gasteiger partial charge < -0.3 is 4.90 Å². The normalized spacial score (nSPS) is 18.9. The second kappa shape index (κ2) is 4.89. The molecule has 0 bridgehead atoms. The van der Waals surface area contributed by atoms with Crippen molar-refractivity contribution in [1.29, 1.82) is 0 Å². The fraction of sp³-hybridized carbons (Fsp3) is 0.500. The highest BCUT2D eigenvalue weighted by atomic mass is 19.1. The summed E-state index contributed by atoms with van der Waals surface area (Å²) in [5.41, 5.74) is 0.710. The van der Waals surface area contributed by atoms with Crippen molar-refractivity contribution in [2.75, 3.05) is 33.2 Å². The van der Waals surface area contributed by atoms with Gasteiger partial charge in [-0.15, -0.1) is 0 Å². The van der Waals surface area contributed by atoms with Gasteiger partial charge in [-0.3, -0.25) is 4.90 Å². The largest absolute Gasteiger partial charge is 0.304 e. The number of rotatable bonds is 2. The molecule has 1 aliphatic heterocycles. The minimum absolute atomic E-state index is 0.496. The van der Waals surface area contributed by atoms with E-state index < -0.39 is 11.6 Å². The molecule has 4 heteroatoms. The first-order valence-electron chi connectivity index (χ1n) is 5.49. The molecule has 0 spiro atoms. The first-order chi connectivity index (χ1) is 7.63. The summed E-state index contributed by atoms with van der Waals surface area (Å²) in [5, 5.41) is 0. The van der Waals surface area contributed by atoms with Crippen LogP contribution in [0.4, 0.5) is 8.78 Å². The summed E-state index contributed by atoms with van der Waals surface area (Å²) in [4.78, 5) is 4.47. The Hall–Kier alpha value is -1.00. The topological polar surface area (TPSA) is 6.48 Å². The Morgan fingerprint density at radius 2 is 1.56 bits per heavy atom. The van der Waals surface area contributed by atoms with Crippen LogP contribution >= 0.6 is 0 Å². The van der Waals surface area contributed by atoms with Crippen LogP contribution in [0.1, 0.15) is 5.56 Å². The Labute approximate surface area is 94.5 Å². The predicted octanol–water partition coefficient (Wildman–Crippen LogP) is 1.71. The van der Waals surface area contributed by atoms with Gasteiger partial charge in [0, 0.05) is 38.8 Å². The lowest BCUT2D eigenvalue weighted by molar-refractivity contribution is 0.148. The zero-order chi connectivity index (χ0) is 11.5. The van der Waals surface area contributed by atoms with Gasteiger partial charge in [0.2, 0.25) is 0 Å². The zero-order valence-electron chi connectivity index (χ0n) is 9.42. The van der Waals surface area contributed by atoms with Crippen molar-refractivity contribution in [3.8, 4) is 0 Å². The van der Waals surface area contributed by atoms with Crippen LogP contribution in [0.15, 0.2) is 18.2 Å². The molecule has 1 aromatic carbocycles. The van der Waals surface area contributed by atoms with E-state index in [4.69, 9.17) is 0 Å². The number of hydrogen-bond donors (Lipinski definition) is 0. The molecule has 0 aromatic heterocycles. The summed E-state index contributed by atoms with van der Waals surface area (Å²) in [5.74, 6) is -0.992. The van der Waals surface area contributed by atoms with Crippen molar-refractivity contribution in [2.24, 2.45) is 0 Å². The lowest BCUT2D eigenvalue weighted by Crippen LogP contribution is -2.43. The summed E-state index contributed by atoms with van der Waals surface area (Å²) >= 11 is 0. The molecule has 2 rings (SSSR count). The van der Waals surface area contributed by atoms with E-state index in [9.17, 15) is 8.78 Å². The third kappa shape index (κ3) is 3.00. The summed E-state index contributed by atoms with van der Waals surface area (Å²) < 4.78 is 26.0. The molecule has 1 saturated heterocycles. The smallest absolute Gasteiger partial charge is 0.126 e. The van der Waals surface area contributed by atoms with Gasteiger partial charge in [0.1, 0.15) is 11.6 Å². The molecule has 0 aliphatic carbocycles. The van der Waals surface area contributed by atoms with Crippen molar-refractivity contribution >= 4 is 0 Å². The van der Waals surface area contributed by atoms with Crippen LogP contribution in [0.2, 0.25) is 0 Å². The number of piperazine rings is 1. The van der Waals surface area contributed by atoms with Crippen molar-refractivity contribution in [2.45, 2.75) is 6.54 Å². The average molecular weight is 226 g/mol. The maximum absolute atomic E-state index is 13.0. The fourth-order valence-corrected chi connectivity index (χ4v) is 1.97. The SMILES string of the molecule is CN1CCN(Cc2cc(F)cc(F)c2)CC1. The predicted molar refractivity (Wildman–Crippen MR) is 59.1 cm³/mol. The van der Waals surface area contributed by atoms with Crippen LogP contribution < -0.4 is 0 Å². The molecule has 0 atom stereocenters. The van der Waals surface area contributed by atoms with Gasteiger partial charge in [-0.2, -0.15) is 0 Å². The average Bonchev–Trinajstić information content (AvgIpc) is 2.20. The Morgan fingerprint density at radius 3 is 2.12 bits per heavy atom. The molecule has 16 heavy (non-hydrogen) atoms. The first-order valence-corrected chi connectivity index (χ1v) is 5.49. The fourth-order valence-electron chi connectivity index (χ4n) is 1.97. The molecule has 1 fully saturated rings. The van der Waals surface area contributed by atoms with Crippen molar-refractivity contribution in [3.05, 3.63) is 35.4 Å². The third-order valence-corrected chi connectivity index (χ3v) is 2.92. The van der Waals surface area contributed by atoms with E-state index >= 15 is 0 Å². The Kier molecular flexibility index (Phi) is 3.51. The van der Waals surface area contributed by atoms with E-state index in [0.717, 1.165) is 32.2 Å². The lowest BCUT2D eigenvalue weighted by Gasteiger charge is -2.32.